The number of nitrogens with one attached hydrogen (secondary N) is 1. The summed E-state index contributed by atoms with van der Waals surface area (Å²) in [5.74, 6) is 0.672. The maximum absolute atomic E-state index is 10.9. The predicted octanol–water partition coefficient (Wildman–Crippen LogP) is 3.43. The Morgan fingerprint density at radius 3 is 2.45 bits per heavy atom. The first kappa shape index (κ1) is 19.5. The summed E-state index contributed by atoms with van der Waals surface area (Å²) in [5.41, 5.74) is 8.30. The van der Waals surface area contributed by atoms with Crippen molar-refractivity contribution in [1.29, 1.82) is 0 Å². The zero-order chi connectivity index (χ0) is 20.2. The second-order valence-corrected chi connectivity index (χ2v) is 8.18. The van der Waals surface area contributed by atoms with E-state index in [0.29, 0.717) is 17.5 Å². The number of piperidine rings is 1. The normalized spacial score (nSPS) is 22.5. The van der Waals surface area contributed by atoms with Gasteiger partial charge in [-0.05, 0) is 61.6 Å². The largest absolute Gasteiger partial charge is 0.507 e. The van der Waals surface area contributed by atoms with Gasteiger partial charge in [0.15, 0.2) is 0 Å². The van der Waals surface area contributed by atoms with Gasteiger partial charge >= 0.3 is 0 Å². The molecule has 1 amide bonds. The molecule has 4 rings (SSSR count). The number of carbonyl (C=O) groups excluding carboxylic acids is 1. The summed E-state index contributed by atoms with van der Waals surface area (Å²) in [4.78, 5) is 13.3. The summed E-state index contributed by atoms with van der Waals surface area (Å²) in [6, 6.07) is 19.1. The van der Waals surface area contributed by atoms with Crippen molar-refractivity contribution >= 4 is 17.4 Å². The number of amides is 1. The van der Waals surface area contributed by atoms with Gasteiger partial charge in [0.1, 0.15) is 5.76 Å². The van der Waals surface area contributed by atoms with E-state index in [4.69, 9.17) is 5.73 Å². The molecule has 1 saturated heterocycles. The Morgan fingerprint density at radius 2 is 1.79 bits per heavy atom. The van der Waals surface area contributed by atoms with Crippen LogP contribution in [0.3, 0.4) is 0 Å². The van der Waals surface area contributed by atoms with Crippen molar-refractivity contribution in [2.24, 2.45) is 11.7 Å². The van der Waals surface area contributed by atoms with Crippen LogP contribution in [-0.4, -0.2) is 36.7 Å². The number of nitrogens with two attached hydrogens (primary N) is 1. The summed E-state index contributed by atoms with van der Waals surface area (Å²) in [5, 5.41) is 13.6. The van der Waals surface area contributed by atoms with Gasteiger partial charge in [-0.3, -0.25) is 4.79 Å². The molecule has 1 saturated carbocycles. The third kappa shape index (κ3) is 4.98. The molecule has 1 aliphatic carbocycles. The molecule has 5 nitrogen and oxygen atoms in total. The van der Waals surface area contributed by atoms with Crippen LogP contribution >= 0.6 is 0 Å². The minimum absolute atomic E-state index is 0.0947. The Hall–Kier alpha value is -2.79. The highest BCUT2D eigenvalue weighted by molar-refractivity contribution is 5.92. The van der Waals surface area contributed by atoms with Crippen LogP contribution in [0, 0.1) is 5.92 Å². The Bertz CT molecular complexity index is 855. The molecular formula is C24H29N3O2. The number of aliphatic hydroxyl groups excluding tert-OH is 1. The first-order valence-electron chi connectivity index (χ1n) is 10.4. The van der Waals surface area contributed by atoms with Crippen molar-refractivity contribution in [3.8, 4) is 0 Å². The number of hydrogen-bond acceptors (Lipinski definition) is 4. The van der Waals surface area contributed by atoms with Crippen molar-refractivity contribution in [3.63, 3.8) is 0 Å². The number of rotatable bonds is 7. The lowest BCUT2D eigenvalue weighted by molar-refractivity contribution is -0.113. The summed E-state index contributed by atoms with van der Waals surface area (Å²) < 4.78 is 0. The van der Waals surface area contributed by atoms with E-state index in [0.717, 1.165) is 37.3 Å². The van der Waals surface area contributed by atoms with Gasteiger partial charge in [0.2, 0.25) is 5.91 Å². The smallest absolute Gasteiger partial charge is 0.245 e. The second-order valence-electron chi connectivity index (χ2n) is 8.18. The first-order chi connectivity index (χ1) is 14.1. The van der Waals surface area contributed by atoms with E-state index in [-0.39, 0.29) is 5.76 Å². The molecule has 5 heteroatoms. The standard InChI is InChI=1S/C24H29N3O2/c25-24(29)15-23(28)19-6-8-20(9-7-19)27-12-10-17(11-13-27)16-26-22-14-21(22)18-4-2-1-3-5-18/h1-9,15,17,21-22,26,28H,10-14,16H2,(H2,25,29). The molecule has 2 unspecified atom stereocenters. The number of aliphatic hydroxyl groups is 1. The van der Waals surface area contributed by atoms with E-state index in [1.54, 1.807) is 0 Å². The number of hydrogen-bond donors (Lipinski definition) is 3. The monoisotopic (exact) mass is 391 g/mol. The number of anilines is 1. The third-order valence-electron chi connectivity index (χ3n) is 6.11. The highest BCUT2D eigenvalue weighted by Crippen LogP contribution is 2.40. The van der Waals surface area contributed by atoms with Crippen molar-refractivity contribution in [1.82, 2.24) is 5.32 Å². The molecule has 2 fully saturated rings. The van der Waals surface area contributed by atoms with Crippen molar-refractivity contribution in [2.45, 2.75) is 31.2 Å². The van der Waals surface area contributed by atoms with Gasteiger partial charge in [-0.15, -0.1) is 0 Å². The molecule has 29 heavy (non-hydrogen) atoms. The Labute approximate surface area is 172 Å². The fourth-order valence-corrected chi connectivity index (χ4v) is 4.26. The van der Waals surface area contributed by atoms with Crippen molar-refractivity contribution < 1.29 is 9.90 Å². The summed E-state index contributed by atoms with van der Waals surface area (Å²) in [6.07, 6.45) is 4.66. The molecule has 0 radical (unpaired) electrons. The quantitative estimate of drug-likeness (QED) is 0.499. The number of nitrogens with zero attached hydrogens (tertiary/aromatic N) is 1. The minimum Gasteiger partial charge on any atom is -0.507 e. The zero-order valence-corrected chi connectivity index (χ0v) is 16.6. The van der Waals surface area contributed by atoms with Crippen LogP contribution in [-0.2, 0) is 4.79 Å². The summed E-state index contributed by atoms with van der Waals surface area (Å²) in [6.45, 7) is 3.19. The van der Waals surface area contributed by atoms with E-state index in [2.05, 4.69) is 40.5 Å². The van der Waals surface area contributed by atoms with Gasteiger partial charge in [0, 0.05) is 42.4 Å². The molecule has 1 heterocycles. The van der Waals surface area contributed by atoms with Crippen LogP contribution in [0.25, 0.3) is 5.76 Å². The van der Waals surface area contributed by atoms with Crippen molar-refractivity contribution in [3.05, 3.63) is 71.8 Å². The van der Waals surface area contributed by atoms with E-state index in [1.165, 1.54) is 24.8 Å². The number of primary amides is 1. The fraction of sp³-hybridized carbons (Fsp3) is 0.375. The third-order valence-corrected chi connectivity index (χ3v) is 6.11. The average molecular weight is 392 g/mol. The Kier molecular flexibility index (Phi) is 5.86. The van der Waals surface area contributed by atoms with E-state index >= 15 is 0 Å². The SMILES string of the molecule is NC(=O)C=C(O)c1ccc(N2CCC(CNC3CC3c3ccccc3)CC2)cc1. The van der Waals surface area contributed by atoms with Crippen LogP contribution in [0.5, 0.6) is 0 Å². The van der Waals surface area contributed by atoms with Gasteiger partial charge in [0.25, 0.3) is 0 Å². The maximum atomic E-state index is 10.9. The van der Waals surface area contributed by atoms with Crippen LogP contribution in [0.2, 0.25) is 0 Å². The van der Waals surface area contributed by atoms with E-state index < -0.39 is 5.91 Å². The summed E-state index contributed by atoms with van der Waals surface area (Å²) in [7, 11) is 0. The van der Waals surface area contributed by atoms with Gasteiger partial charge in [0.05, 0.1) is 0 Å². The Morgan fingerprint density at radius 1 is 1.10 bits per heavy atom. The van der Waals surface area contributed by atoms with E-state index in [1.807, 2.05) is 24.3 Å². The number of benzene rings is 2. The van der Waals surface area contributed by atoms with Crippen LogP contribution < -0.4 is 16.0 Å². The topological polar surface area (TPSA) is 78.6 Å². The van der Waals surface area contributed by atoms with Gasteiger partial charge in [-0.25, -0.2) is 0 Å². The maximum Gasteiger partial charge on any atom is 0.245 e. The molecule has 0 aromatic heterocycles. The fourth-order valence-electron chi connectivity index (χ4n) is 4.26. The molecule has 2 aromatic carbocycles. The minimum atomic E-state index is -0.649. The molecule has 2 aromatic rings. The van der Waals surface area contributed by atoms with Crippen LogP contribution in [0.4, 0.5) is 5.69 Å². The average Bonchev–Trinajstić information content (AvgIpc) is 3.53. The molecule has 4 N–H and O–H groups in total. The molecule has 2 aliphatic rings. The lowest BCUT2D eigenvalue weighted by Crippen LogP contribution is -2.37. The number of carbonyl (C=O) groups is 1. The second kappa shape index (κ2) is 8.70. The zero-order valence-electron chi connectivity index (χ0n) is 16.6. The first-order valence-corrected chi connectivity index (χ1v) is 10.4. The molecule has 0 bridgehead atoms. The molecule has 2 atom stereocenters. The van der Waals surface area contributed by atoms with Crippen molar-refractivity contribution in [2.75, 3.05) is 24.5 Å². The predicted molar refractivity (Wildman–Crippen MR) is 117 cm³/mol. The highest BCUT2D eigenvalue weighted by atomic mass is 16.3. The van der Waals surface area contributed by atoms with Gasteiger partial charge in [-0.2, -0.15) is 0 Å². The molecule has 152 valence electrons. The molecule has 0 spiro atoms. The highest BCUT2D eigenvalue weighted by Gasteiger charge is 2.38. The lowest BCUT2D eigenvalue weighted by Gasteiger charge is -2.34. The lowest BCUT2D eigenvalue weighted by atomic mass is 9.96. The van der Waals surface area contributed by atoms with E-state index in [9.17, 15) is 9.90 Å². The van der Waals surface area contributed by atoms with Crippen LogP contribution in [0.1, 0.15) is 36.3 Å². The van der Waals surface area contributed by atoms with Crippen LogP contribution in [0.15, 0.2) is 60.7 Å². The molecule has 1 aliphatic heterocycles. The molecular weight excluding hydrogens is 362 g/mol. The summed E-state index contributed by atoms with van der Waals surface area (Å²) >= 11 is 0. The Balaban J connectivity index is 1.22. The van der Waals surface area contributed by atoms with Gasteiger partial charge in [-0.1, -0.05) is 30.3 Å². The van der Waals surface area contributed by atoms with Gasteiger partial charge < -0.3 is 21.1 Å².